The van der Waals surface area contributed by atoms with Gasteiger partial charge >= 0.3 is 0 Å². The van der Waals surface area contributed by atoms with E-state index in [4.69, 9.17) is 27.9 Å². The number of ether oxygens (including phenoxy) is 1. The number of carbonyl (C=O) groups excluding carboxylic acids is 2. The van der Waals surface area contributed by atoms with Gasteiger partial charge in [-0.2, -0.15) is 0 Å². The van der Waals surface area contributed by atoms with E-state index in [1.54, 1.807) is 35.6 Å². The summed E-state index contributed by atoms with van der Waals surface area (Å²) in [5, 5.41) is 9.04. The van der Waals surface area contributed by atoms with Crippen molar-refractivity contribution < 1.29 is 14.3 Å². The normalized spacial score (nSPS) is 16.2. The summed E-state index contributed by atoms with van der Waals surface area (Å²) < 4.78 is 4.94. The first-order valence-electron chi connectivity index (χ1n) is 8.75. The maximum absolute atomic E-state index is 12.9. The van der Waals surface area contributed by atoms with Crippen molar-refractivity contribution in [3.05, 3.63) is 39.3 Å². The molecule has 2 N–H and O–H groups in total. The molecule has 1 aliphatic heterocycles. The minimum atomic E-state index is -0.475. The van der Waals surface area contributed by atoms with Crippen LogP contribution in [0.5, 0.6) is 0 Å². The predicted molar refractivity (Wildman–Crippen MR) is 111 cm³/mol. The lowest BCUT2D eigenvalue weighted by Gasteiger charge is -2.23. The predicted octanol–water partition coefficient (Wildman–Crippen LogP) is 3.56. The molecule has 7 nitrogen and oxygen atoms in total. The van der Waals surface area contributed by atoms with Crippen LogP contribution in [0.15, 0.2) is 23.6 Å². The average molecular weight is 443 g/mol. The van der Waals surface area contributed by atoms with Crippen LogP contribution in [-0.4, -0.2) is 54.5 Å². The largest absolute Gasteiger partial charge is 0.383 e. The van der Waals surface area contributed by atoms with E-state index in [9.17, 15) is 9.59 Å². The number of hydrogen-bond acceptors (Lipinski definition) is 6. The van der Waals surface area contributed by atoms with Crippen molar-refractivity contribution in [1.82, 2.24) is 15.2 Å². The molecule has 1 aromatic carbocycles. The SMILES string of the molecule is COCCNC(=O)[C@@H]1CCCN1C(=O)c1csc(Nc2ccc(Cl)c(Cl)c2)n1. The Morgan fingerprint density at radius 3 is 2.93 bits per heavy atom. The van der Waals surface area contributed by atoms with Crippen molar-refractivity contribution in [1.29, 1.82) is 0 Å². The lowest BCUT2D eigenvalue weighted by atomic mass is 10.2. The Hall–Kier alpha value is -1.87. The maximum Gasteiger partial charge on any atom is 0.274 e. The molecule has 150 valence electrons. The number of rotatable bonds is 7. The zero-order valence-corrected chi connectivity index (χ0v) is 17.5. The number of likely N-dealkylation sites (tertiary alicyclic amines) is 1. The third-order valence-corrected chi connectivity index (χ3v) is 5.81. The number of carbonyl (C=O) groups is 2. The van der Waals surface area contributed by atoms with E-state index in [0.29, 0.717) is 47.0 Å². The first-order valence-corrected chi connectivity index (χ1v) is 10.4. The Bertz CT molecular complexity index is 861. The quantitative estimate of drug-likeness (QED) is 0.640. The number of aromatic nitrogens is 1. The number of halogens is 2. The van der Waals surface area contributed by atoms with Crippen LogP contribution in [0.1, 0.15) is 23.3 Å². The highest BCUT2D eigenvalue weighted by Gasteiger charge is 2.35. The van der Waals surface area contributed by atoms with Gasteiger partial charge in [-0.15, -0.1) is 11.3 Å². The average Bonchev–Trinajstić information content (AvgIpc) is 3.34. The molecule has 1 saturated heterocycles. The van der Waals surface area contributed by atoms with Gasteiger partial charge in [0.1, 0.15) is 11.7 Å². The van der Waals surface area contributed by atoms with Crippen LogP contribution >= 0.6 is 34.5 Å². The fraction of sp³-hybridized carbons (Fsp3) is 0.389. The molecule has 0 aliphatic carbocycles. The Morgan fingerprint density at radius 1 is 1.36 bits per heavy atom. The van der Waals surface area contributed by atoms with E-state index in [0.717, 1.165) is 12.1 Å². The number of thiazole rings is 1. The van der Waals surface area contributed by atoms with Crippen LogP contribution in [0.25, 0.3) is 0 Å². The molecule has 10 heteroatoms. The fourth-order valence-corrected chi connectivity index (χ4v) is 3.95. The fourth-order valence-electron chi connectivity index (χ4n) is 2.95. The second kappa shape index (κ2) is 9.56. The molecular weight excluding hydrogens is 423 g/mol. The van der Waals surface area contributed by atoms with E-state index in [1.165, 1.54) is 11.3 Å². The minimum Gasteiger partial charge on any atom is -0.383 e. The van der Waals surface area contributed by atoms with Gasteiger partial charge < -0.3 is 20.3 Å². The van der Waals surface area contributed by atoms with E-state index in [1.807, 2.05) is 0 Å². The molecular formula is C18H20Cl2N4O3S. The lowest BCUT2D eigenvalue weighted by Crippen LogP contribution is -2.46. The molecule has 1 aromatic heterocycles. The summed E-state index contributed by atoms with van der Waals surface area (Å²) in [5.41, 5.74) is 1.03. The van der Waals surface area contributed by atoms with Crippen molar-refractivity contribution in [2.75, 3.05) is 32.1 Å². The van der Waals surface area contributed by atoms with Crippen LogP contribution < -0.4 is 10.6 Å². The van der Waals surface area contributed by atoms with E-state index in [2.05, 4.69) is 15.6 Å². The van der Waals surface area contributed by atoms with E-state index >= 15 is 0 Å². The summed E-state index contributed by atoms with van der Waals surface area (Å²) in [6.07, 6.45) is 1.43. The van der Waals surface area contributed by atoms with Crippen molar-refractivity contribution >= 4 is 57.2 Å². The summed E-state index contributed by atoms with van der Waals surface area (Å²) in [5.74, 6) is -0.407. The van der Waals surface area contributed by atoms with E-state index in [-0.39, 0.29) is 11.8 Å². The van der Waals surface area contributed by atoms with Crippen molar-refractivity contribution in [2.45, 2.75) is 18.9 Å². The molecule has 1 aliphatic rings. The highest BCUT2D eigenvalue weighted by atomic mass is 35.5. The van der Waals surface area contributed by atoms with Gasteiger partial charge in [-0.25, -0.2) is 4.98 Å². The summed E-state index contributed by atoms with van der Waals surface area (Å²) in [6, 6.07) is 4.67. The molecule has 0 bridgehead atoms. The van der Waals surface area contributed by atoms with Crippen LogP contribution in [0.3, 0.4) is 0 Å². The summed E-state index contributed by atoms with van der Waals surface area (Å²) >= 11 is 13.2. The van der Waals surface area contributed by atoms with Crippen molar-refractivity contribution in [3.8, 4) is 0 Å². The zero-order valence-electron chi connectivity index (χ0n) is 15.2. The highest BCUT2D eigenvalue weighted by molar-refractivity contribution is 7.14. The highest BCUT2D eigenvalue weighted by Crippen LogP contribution is 2.29. The van der Waals surface area contributed by atoms with Gasteiger partial charge in [-0.1, -0.05) is 23.2 Å². The van der Waals surface area contributed by atoms with Crippen LogP contribution in [0.4, 0.5) is 10.8 Å². The molecule has 0 radical (unpaired) electrons. The zero-order chi connectivity index (χ0) is 20.1. The third-order valence-electron chi connectivity index (χ3n) is 4.32. The topological polar surface area (TPSA) is 83.6 Å². The maximum atomic E-state index is 12.9. The Labute approximate surface area is 177 Å². The van der Waals surface area contributed by atoms with Gasteiger partial charge in [0.2, 0.25) is 5.91 Å². The Morgan fingerprint density at radius 2 is 2.18 bits per heavy atom. The van der Waals surface area contributed by atoms with Crippen LogP contribution in [-0.2, 0) is 9.53 Å². The lowest BCUT2D eigenvalue weighted by molar-refractivity contribution is -0.125. The second-order valence-corrected chi connectivity index (χ2v) is 7.90. The number of hydrogen-bond donors (Lipinski definition) is 2. The van der Waals surface area contributed by atoms with Gasteiger partial charge in [-0.05, 0) is 31.0 Å². The van der Waals surface area contributed by atoms with Crippen LogP contribution in [0, 0.1) is 0 Å². The number of nitrogens with zero attached hydrogens (tertiary/aromatic N) is 2. The van der Waals surface area contributed by atoms with Gasteiger partial charge in [0.25, 0.3) is 5.91 Å². The molecule has 2 amide bonds. The Kier molecular flexibility index (Phi) is 7.12. The number of amides is 2. The smallest absolute Gasteiger partial charge is 0.274 e. The molecule has 3 rings (SSSR count). The third kappa shape index (κ3) is 4.94. The van der Waals surface area contributed by atoms with Gasteiger partial charge in [-0.3, -0.25) is 9.59 Å². The summed E-state index contributed by atoms with van der Waals surface area (Å²) in [4.78, 5) is 31.2. The van der Waals surface area contributed by atoms with Gasteiger partial charge in [0, 0.05) is 31.3 Å². The molecule has 2 aromatic rings. The number of methoxy groups -OCH3 is 1. The van der Waals surface area contributed by atoms with Gasteiger partial charge in [0.15, 0.2) is 5.13 Å². The monoisotopic (exact) mass is 442 g/mol. The summed E-state index contributed by atoms with van der Waals surface area (Å²) in [6.45, 7) is 1.39. The van der Waals surface area contributed by atoms with Crippen molar-refractivity contribution in [2.24, 2.45) is 0 Å². The molecule has 1 atom stereocenters. The molecule has 2 heterocycles. The first-order chi connectivity index (χ1) is 13.5. The van der Waals surface area contributed by atoms with E-state index < -0.39 is 6.04 Å². The minimum absolute atomic E-state index is 0.160. The molecule has 1 fully saturated rings. The number of nitrogens with one attached hydrogen (secondary N) is 2. The molecule has 0 saturated carbocycles. The molecule has 0 unspecified atom stereocenters. The standard InChI is InChI=1S/C18H20Cl2N4O3S/c1-27-8-6-21-16(25)15-3-2-7-24(15)17(26)14-10-28-18(23-14)22-11-4-5-12(19)13(20)9-11/h4-5,9-10,15H,2-3,6-8H2,1H3,(H,21,25)(H,22,23)/t15-/m0/s1. The summed E-state index contributed by atoms with van der Waals surface area (Å²) in [7, 11) is 1.57. The first kappa shape index (κ1) is 20.9. The Balaban J connectivity index is 1.65. The van der Waals surface area contributed by atoms with Crippen LogP contribution in [0.2, 0.25) is 10.0 Å². The molecule has 0 spiro atoms. The van der Waals surface area contributed by atoms with Crippen molar-refractivity contribution in [3.63, 3.8) is 0 Å². The second-order valence-electron chi connectivity index (χ2n) is 6.23. The number of anilines is 2. The number of benzene rings is 1. The molecule has 28 heavy (non-hydrogen) atoms. The van der Waals surface area contributed by atoms with Gasteiger partial charge in [0.05, 0.1) is 16.7 Å².